The summed E-state index contributed by atoms with van der Waals surface area (Å²) in [6.45, 7) is 1.96. The van der Waals surface area contributed by atoms with Crippen molar-refractivity contribution in [2.24, 2.45) is 0 Å². The Morgan fingerprint density at radius 2 is 1.37 bits per heavy atom. The molecule has 2 aromatic rings. The minimum Gasteiger partial charge on any atom is -0.490 e. The SMILES string of the molecule is CNCc1ccc(OCCOc2ccccc2)cc1. The van der Waals surface area contributed by atoms with Gasteiger partial charge in [0.05, 0.1) is 0 Å². The third-order valence-corrected chi connectivity index (χ3v) is 2.67. The number of para-hydroxylation sites is 1. The molecule has 0 aliphatic carbocycles. The van der Waals surface area contributed by atoms with Gasteiger partial charge in [-0.05, 0) is 36.9 Å². The van der Waals surface area contributed by atoms with E-state index in [2.05, 4.69) is 17.4 Å². The first-order chi connectivity index (χ1) is 9.38. The van der Waals surface area contributed by atoms with Crippen LogP contribution in [0.5, 0.6) is 11.5 Å². The van der Waals surface area contributed by atoms with E-state index in [9.17, 15) is 0 Å². The minimum atomic E-state index is 0.542. The predicted octanol–water partition coefficient (Wildman–Crippen LogP) is 2.86. The van der Waals surface area contributed by atoms with E-state index in [-0.39, 0.29) is 0 Å². The molecule has 0 bridgehead atoms. The van der Waals surface area contributed by atoms with Crippen molar-refractivity contribution in [1.82, 2.24) is 5.32 Å². The highest BCUT2D eigenvalue weighted by molar-refractivity contribution is 5.27. The third-order valence-electron chi connectivity index (χ3n) is 2.67. The van der Waals surface area contributed by atoms with Crippen LogP contribution in [0.1, 0.15) is 5.56 Å². The summed E-state index contributed by atoms with van der Waals surface area (Å²) in [6, 6.07) is 17.8. The van der Waals surface area contributed by atoms with Gasteiger partial charge in [0.25, 0.3) is 0 Å². The molecule has 0 spiro atoms. The highest BCUT2D eigenvalue weighted by atomic mass is 16.5. The summed E-state index contributed by atoms with van der Waals surface area (Å²) in [7, 11) is 1.94. The summed E-state index contributed by atoms with van der Waals surface area (Å²) in [4.78, 5) is 0. The Hall–Kier alpha value is -2.00. The molecule has 0 aliphatic heterocycles. The summed E-state index contributed by atoms with van der Waals surface area (Å²) in [5.41, 5.74) is 1.25. The van der Waals surface area contributed by atoms with Crippen LogP contribution in [0.3, 0.4) is 0 Å². The fourth-order valence-corrected chi connectivity index (χ4v) is 1.74. The maximum Gasteiger partial charge on any atom is 0.122 e. The summed E-state index contributed by atoms with van der Waals surface area (Å²) >= 11 is 0. The first-order valence-corrected chi connectivity index (χ1v) is 6.42. The van der Waals surface area contributed by atoms with E-state index >= 15 is 0 Å². The Kier molecular flexibility index (Phi) is 5.26. The van der Waals surface area contributed by atoms with Crippen molar-refractivity contribution in [3.63, 3.8) is 0 Å². The van der Waals surface area contributed by atoms with Crippen molar-refractivity contribution < 1.29 is 9.47 Å². The molecule has 0 saturated heterocycles. The topological polar surface area (TPSA) is 30.5 Å². The molecular formula is C16H19NO2. The number of rotatable bonds is 7. The lowest BCUT2D eigenvalue weighted by atomic mass is 10.2. The van der Waals surface area contributed by atoms with Crippen LogP contribution in [0.4, 0.5) is 0 Å². The summed E-state index contributed by atoms with van der Waals surface area (Å²) in [5, 5.41) is 3.11. The molecule has 3 nitrogen and oxygen atoms in total. The zero-order valence-electron chi connectivity index (χ0n) is 11.1. The molecule has 3 heteroatoms. The van der Waals surface area contributed by atoms with Crippen LogP contribution < -0.4 is 14.8 Å². The maximum absolute atomic E-state index is 5.62. The lowest BCUT2D eigenvalue weighted by Gasteiger charge is -2.08. The maximum atomic E-state index is 5.62. The first-order valence-electron chi connectivity index (χ1n) is 6.42. The Balaban J connectivity index is 1.70. The molecule has 1 N–H and O–H groups in total. The average molecular weight is 257 g/mol. The van der Waals surface area contributed by atoms with E-state index in [0.717, 1.165) is 18.0 Å². The summed E-state index contributed by atoms with van der Waals surface area (Å²) < 4.78 is 11.2. The zero-order chi connectivity index (χ0) is 13.3. The van der Waals surface area contributed by atoms with E-state index in [0.29, 0.717) is 13.2 Å². The molecule has 0 saturated carbocycles. The van der Waals surface area contributed by atoms with Crippen LogP contribution >= 0.6 is 0 Å². The number of nitrogens with one attached hydrogen (secondary N) is 1. The number of hydrogen-bond donors (Lipinski definition) is 1. The first kappa shape index (κ1) is 13.4. The van der Waals surface area contributed by atoms with Crippen LogP contribution in [-0.2, 0) is 6.54 Å². The Labute approximate surface area is 114 Å². The minimum absolute atomic E-state index is 0.542. The highest BCUT2D eigenvalue weighted by Crippen LogP contribution is 2.12. The van der Waals surface area contributed by atoms with E-state index in [4.69, 9.17) is 9.47 Å². The van der Waals surface area contributed by atoms with Crippen LogP contribution in [0, 0.1) is 0 Å². The van der Waals surface area contributed by atoms with Crippen LogP contribution in [0.15, 0.2) is 54.6 Å². The van der Waals surface area contributed by atoms with E-state index in [1.807, 2.05) is 49.5 Å². The second-order valence-corrected chi connectivity index (χ2v) is 4.18. The van der Waals surface area contributed by atoms with Crippen molar-refractivity contribution in [2.75, 3.05) is 20.3 Å². The molecule has 0 fully saturated rings. The molecule has 0 amide bonds. The fraction of sp³-hybridized carbons (Fsp3) is 0.250. The van der Waals surface area contributed by atoms with Crippen molar-refractivity contribution in [2.45, 2.75) is 6.54 Å². The van der Waals surface area contributed by atoms with Crippen molar-refractivity contribution in [3.8, 4) is 11.5 Å². The zero-order valence-corrected chi connectivity index (χ0v) is 11.1. The predicted molar refractivity (Wildman–Crippen MR) is 76.6 cm³/mol. The smallest absolute Gasteiger partial charge is 0.122 e. The molecule has 0 aromatic heterocycles. The van der Waals surface area contributed by atoms with Crippen molar-refractivity contribution >= 4 is 0 Å². The Morgan fingerprint density at radius 3 is 1.95 bits per heavy atom. The van der Waals surface area contributed by atoms with Crippen LogP contribution in [0.25, 0.3) is 0 Å². The van der Waals surface area contributed by atoms with Gasteiger partial charge in [-0.25, -0.2) is 0 Å². The molecule has 100 valence electrons. The van der Waals surface area contributed by atoms with Gasteiger partial charge in [-0.1, -0.05) is 30.3 Å². The van der Waals surface area contributed by atoms with Crippen molar-refractivity contribution in [1.29, 1.82) is 0 Å². The Bertz CT molecular complexity index is 468. The summed E-state index contributed by atoms with van der Waals surface area (Å²) in [6.07, 6.45) is 0. The standard InChI is InChI=1S/C16H19NO2/c1-17-13-14-7-9-16(10-8-14)19-12-11-18-15-5-3-2-4-6-15/h2-10,17H,11-13H2,1H3. The monoisotopic (exact) mass is 257 g/mol. The second kappa shape index (κ2) is 7.44. The fourth-order valence-electron chi connectivity index (χ4n) is 1.74. The van der Waals surface area contributed by atoms with Gasteiger partial charge in [-0.3, -0.25) is 0 Å². The molecule has 19 heavy (non-hydrogen) atoms. The molecule has 0 heterocycles. The Morgan fingerprint density at radius 1 is 0.789 bits per heavy atom. The van der Waals surface area contributed by atoms with Gasteiger partial charge in [0, 0.05) is 6.54 Å². The van der Waals surface area contributed by atoms with Gasteiger partial charge in [0.1, 0.15) is 24.7 Å². The average Bonchev–Trinajstić information content (AvgIpc) is 2.47. The normalized spacial score (nSPS) is 10.2. The lowest BCUT2D eigenvalue weighted by Crippen LogP contribution is -2.09. The number of ether oxygens (including phenoxy) is 2. The largest absolute Gasteiger partial charge is 0.490 e. The van der Waals surface area contributed by atoms with Gasteiger partial charge in [-0.2, -0.15) is 0 Å². The molecule has 0 atom stereocenters. The molecule has 0 radical (unpaired) electrons. The van der Waals surface area contributed by atoms with Gasteiger partial charge in [-0.15, -0.1) is 0 Å². The molecule has 0 unspecified atom stereocenters. The number of hydrogen-bond acceptors (Lipinski definition) is 3. The highest BCUT2D eigenvalue weighted by Gasteiger charge is 1.96. The van der Waals surface area contributed by atoms with Crippen LogP contribution in [-0.4, -0.2) is 20.3 Å². The van der Waals surface area contributed by atoms with Gasteiger partial charge in [0.2, 0.25) is 0 Å². The quantitative estimate of drug-likeness (QED) is 0.774. The third kappa shape index (κ3) is 4.64. The lowest BCUT2D eigenvalue weighted by molar-refractivity contribution is 0.217. The molecular weight excluding hydrogens is 238 g/mol. The van der Waals surface area contributed by atoms with Crippen LogP contribution in [0.2, 0.25) is 0 Å². The second-order valence-electron chi connectivity index (χ2n) is 4.18. The van der Waals surface area contributed by atoms with Gasteiger partial charge < -0.3 is 14.8 Å². The summed E-state index contributed by atoms with van der Waals surface area (Å²) in [5.74, 6) is 1.74. The van der Waals surface area contributed by atoms with Crippen molar-refractivity contribution in [3.05, 3.63) is 60.2 Å². The van der Waals surface area contributed by atoms with E-state index in [1.54, 1.807) is 0 Å². The molecule has 0 aliphatic rings. The van der Waals surface area contributed by atoms with Gasteiger partial charge >= 0.3 is 0 Å². The molecule has 2 rings (SSSR count). The van der Waals surface area contributed by atoms with Gasteiger partial charge in [0.15, 0.2) is 0 Å². The van der Waals surface area contributed by atoms with E-state index < -0.39 is 0 Å². The number of benzene rings is 2. The molecule has 2 aromatic carbocycles. The van der Waals surface area contributed by atoms with E-state index in [1.165, 1.54) is 5.56 Å².